The molecule has 0 aromatic carbocycles. The normalized spacial score (nSPS) is 22.6. The molecule has 1 unspecified atom stereocenters. The molecule has 3 aliphatic heterocycles. The molecule has 5 heterocycles. The zero-order chi connectivity index (χ0) is 28.3. The standard InChI is InChI=1S/C26H27F4N5O4/c1-4-17(37)33-8-9-34-14(11-33)13-39-22-18(24(34)38)23(35-12-15(36)10-25(35,2)3)32-21(19(22)27)20-16(26(28,29)30)6-5-7-31-20/h4-7,14-15,36H,1,8-13H2,2-3H3/t14-,15?/m1/s1. The lowest BCUT2D eigenvalue weighted by molar-refractivity contribution is -0.137. The van der Waals surface area contributed by atoms with Gasteiger partial charge in [0.15, 0.2) is 11.6 Å². The van der Waals surface area contributed by atoms with E-state index in [4.69, 9.17) is 4.74 Å². The average Bonchev–Trinajstić information content (AvgIpc) is 3.07. The Bertz CT molecular complexity index is 1350. The number of halogens is 4. The third kappa shape index (κ3) is 4.58. The smallest absolute Gasteiger partial charge is 0.418 e. The van der Waals surface area contributed by atoms with Crippen LogP contribution >= 0.6 is 0 Å². The van der Waals surface area contributed by atoms with Gasteiger partial charge in [0.05, 0.1) is 17.7 Å². The molecule has 0 radical (unpaired) electrons. The number of carbonyl (C=O) groups is 2. The molecular formula is C26H27F4N5O4. The number of β-amino-alcohol motifs (C(OH)–C–C–N with tert-alkyl or cyclic N) is 1. The largest absolute Gasteiger partial charge is 0.487 e. The number of carbonyl (C=O) groups excluding carboxylic acids is 2. The predicted octanol–water partition coefficient (Wildman–Crippen LogP) is 2.88. The van der Waals surface area contributed by atoms with E-state index in [1.54, 1.807) is 18.7 Å². The van der Waals surface area contributed by atoms with Crippen molar-refractivity contribution in [2.75, 3.05) is 37.7 Å². The van der Waals surface area contributed by atoms with E-state index < -0.39 is 58.3 Å². The lowest BCUT2D eigenvalue weighted by Gasteiger charge is -2.40. The van der Waals surface area contributed by atoms with E-state index >= 15 is 4.39 Å². The van der Waals surface area contributed by atoms with Gasteiger partial charge in [-0.25, -0.2) is 9.37 Å². The Labute approximate surface area is 221 Å². The maximum absolute atomic E-state index is 16.1. The maximum Gasteiger partial charge on any atom is 0.418 e. The molecule has 5 rings (SSSR count). The van der Waals surface area contributed by atoms with Gasteiger partial charge in [0.1, 0.15) is 29.4 Å². The number of pyridine rings is 2. The molecule has 0 aliphatic carbocycles. The number of alkyl halides is 3. The van der Waals surface area contributed by atoms with E-state index in [2.05, 4.69) is 16.5 Å². The second-order valence-electron chi connectivity index (χ2n) is 10.4. The minimum atomic E-state index is -4.85. The van der Waals surface area contributed by atoms with Crippen molar-refractivity contribution in [1.82, 2.24) is 19.8 Å². The van der Waals surface area contributed by atoms with Crippen molar-refractivity contribution in [3.63, 3.8) is 0 Å². The van der Waals surface area contributed by atoms with Gasteiger partial charge >= 0.3 is 6.18 Å². The summed E-state index contributed by atoms with van der Waals surface area (Å²) in [5.41, 5.74) is -3.67. The van der Waals surface area contributed by atoms with Gasteiger partial charge in [-0.15, -0.1) is 0 Å². The van der Waals surface area contributed by atoms with E-state index in [1.807, 2.05) is 0 Å². The molecule has 9 nitrogen and oxygen atoms in total. The summed E-state index contributed by atoms with van der Waals surface area (Å²) in [4.78, 5) is 38.8. The van der Waals surface area contributed by atoms with Crippen molar-refractivity contribution >= 4 is 17.6 Å². The molecular weight excluding hydrogens is 522 g/mol. The third-order valence-electron chi connectivity index (χ3n) is 7.39. The number of hydrogen-bond acceptors (Lipinski definition) is 7. The van der Waals surface area contributed by atoms with Gasteiger partial charge in [-0.1, -0.05) is 6.58 Å². The fourth-order valence-corrected chi connectivity index (χ4v) is 5.53. The summed E-state index contributed by atoms with van der Waals surface area (Å²) in [6.45, 7) is 7.30. The van der Waals surface area contributed by atoms with Gasteiger partial charge in [-0.05, 0) is 38.5 Å². The average molecular weight is 550 g/mol. The Morgan fingerprint density at radius 2 is 2.00 bits per heavy atom. The van der Waals surface area contributed by atoms with E-state index in [0.29, 0.717) is 0 Å². The van der Waals surface area contributed by atoms with Crippen LogP contribution in [0.3, 0.4) is 0 Å². The zero-order valence-corrected chi connectivity index (χ0v) is 21.3. The van der Waals surface area contributed by atoms with Crippen LogP contribution in [-0.2, 0) is 11.0 Å². The lowest BCUT2D eigenvalue weighted by atomic mass is 10.00. The number of aromatic nitrogens is 2. The molecule has 0 spiro atoms. The van der Waals surface area contributed by atoms with Crippen LogP contribution in [0.5, 0.6) is 5.75 Å². The molecule has 0 saturated carbocycles. The number of anilines is 1. The first kappa shape index (κ1) is 26.9. The molecule has 208 valence electrons. The van der Waals surface area contributed by atoms with E-state index in [-0.39, 0.29) is 56.5 Å². The van der Waals surface area contributed by atoms with Crippen molar-refractivity contribution in [1.29, 1.82) is 0 Å². The molecule has 2 atom stereocenters. The lowest BCUT2D eigenvalue weighted by Crippen LogP contribution is -2.57. The van der Waals surface area contributed by atoms with Crippen LogP contribution < -0.4 is 9.64 Å². The van der Waals surface area contributed by atoms with Gasteiger partial charge in [0.25, 0.3) is 5.91 Å². The van der Waals surface area contributed by atoms with Crippen LogP contribution in [0.1, 0.15) is 36.2 Å². The van der Waals surface area contributed by atoms with Crippen LogP contribution in [-0.4, -0.2) is 87.2 Å². The van der Waals surface area contributed by atoms with Gasteiger partial charge in [-0.2, -0.15) is 13.2 Å². The van der Waals surface area contributed by atoms with E-state index in [9.17, 15) is 27.9 Å². The first-order valence-electron chi connectivity index (χ1n) is 12.4. The maximum atomic E-state index is 16.1. The Kier molecular flexibility index (Phi) is 6.52. The van der Waals surface area contributed by atoms with Crippen molar-refractivity contribution in [3.05, 3.63) is 47.9 Å². The van der Waals surface area contributed by atoms with Crippen LogP contribution in [0.4, 0.5) is 23.4 Å². The number of ether oxygens (including phenoxy) is 1. The summed E-state index contributed by atoms with van der Waals surface area (Å²) < 4.78 is 63.6. The van der Waals surface area contributed by atoms with E-state index in [0.717, 1.165) is 24.4 Å². The second-order valence-corrected chi connectivity index (χ2v) is 10.4. The minimum absolute atomic E-state index is 0.0180. The van der Waals surface area contributed by atoms with E-state index in [1.165, 1.54) is 9.80 Å². The molecule has 2 amide bonds. The van der Waals surface area contributed by atoms with Crippen molar-refractivity contribution < 1.29 is 37.0 Å². The molecule has 3 aliphatic rings. The molecule has 2 aromatic rings. The highest BCUT2D eigenvalue weighted by molar-refractivity contribution is 6.03. The van der Waals surface area contributed by atoms with Crippen LogP contribution in [0.15, 0.2) is 31.0 Å². The molecule has 2 aromatic heterocycles. The monoisotopic (exact) mass is 549 g/mol. The zero-order valence-electron chi connectivity index (χ0n) is 21.3. The topological polar surface area (TPSA) is 99.1 Å². The van der Waals surface area contributed by atoms with Crippen LogP contribution in [0.2, 0.25) is 0 Å². The number of nitrogens with zero attached hydrogens (tertiary/aromatic N) is 5. The summed E-state index contributed by atoms with van der Waals surface area (Å²) >= 11 is 0. The first-order chi connectivity index (χ1) is 18.3. The molecule has 2 saturated heterocycles. The highest BCUT2D eigenvalue weighted by Crippen LogP contribution is 2.45. The Balaban J connectivity index is 1.71. The number of rotatable bonds is 3. The number of hydrogen-bond donors (Lipinski definition) is 1. The molecule has 0 bridgehead atoms. The molecule has 39 heavy (non-hydrogen) atoms. The molecule has 2 fully saturated rings. The van der Waals surface area contributed by atoms with Gasteiger partial charge in [0.2, 0.25) is 5.91 Å². The number of fused-ring (bicyclic) bond motifs is 2. The van der Waals surface area contributed by atoms with Crippen LogP contribution in [0.25, 0.3) is 11.4 Å². The number of aliphatic hydroxyl groups is 1. The fourth-order valence-electron chi connectivity index (χ4n) is 5.53. The summed E-state index contributed by atoms with van der Waals surface area (Å²) in [5, 5.41) is 10.4. The Hall–Kier alpha value is -3.74. The highest BCUT2D eigenvalue weighted by atomic mass is 19.4. The number of aliphatic hydroxyl groups excluding tert-OH is 1. The summed E-state index contributed by atoms with van der Waals surface area (Å²) in [6.07, 6.45) is -3.13. The van der Waals surface area contributed by atoms with Crippen molar-refractivity contribution in [2.24, 2.45) is 0 Å². The Morgan fingerprint density at radius 3 is 2.64 bits per heavy atom. The fraction of sp³-hybridized carbons (Fsp3) is 0.462. The summed E-state index contributed by atoms with van der Waals surface area (Å²) in [5.74, 6) is -2.84. The molecule has 13 heteroatoms. The predicted molar refractivity (Wildman–Crippen MR) is 132 cm³/mol. The first-order valence-corrected chi connectivity index (χ1v) is 12.4. The third-order valence-corrected chi connectivity index (χ3v) is 7.39. The SMILES string of the molecule is C=CC(=O)N1CCN2C(=O)c3c(N4CC(O)CC4(C)C)nc(-c4ncccc4C(F)(F)F)c(F)c3OC[C@H]2C1. The van der Waals surface area contributed by atoms with Gasteiger partial charge in [-0.3, -0.25) is 14.6 Å². The van der Waals surface area contributed by atoms with Crippen LogP contribution in [0, 0.1) is 5.82 Å². The second kappa shape index (κ2) is 9.47. The number of amides is 2. The van der Waals surface area contributed by atoms with Gasteiger partial charge < -0.3 is 24.5 Å². The quantitative estimate of drug-likeness (QED) is 0.465. The highest BCUT2D eigenvalue weighted by Gasteiger charge is 2.46. The number of piperazine rings is 1. The van der Waals surface area contributed by atoms with Crippen molar-refractivity contribution in [2.45, 2.75) is 44.1 Å². The van der Waals surface area contributed by atoms with Crippen molar-refractivity contribution in [3.8, 4) is 17.1 Å². The van der Waals surface area contributed by atoms with Gasteiger partial charge in [0, 0.05) is 37.9 Å². The summed E-state index contributed by atoms with van der Waals surface area (Å²) in [6, 6.07) is 1.22. The Morgan fingerprint density at radius 1 is 1.26 bits per heavy atom. The minimum Gasteiger partial charge on any atom is -0.487 e. The molecule has 1 N–H and O–H groups in total. The summed E-state index contributed by atoms with van der Waals surface area (Å²) in [7, 11) is 0.